The molecule has 2 N–H and O–H groups in total. The first-order valence-electron chi connectivity index (χ1n) is 6.82. The average molecular weight is 272 g/mol. The third-order valence-corrected chi connectivity index (χ3v) is 5.16. The predicted molar refractivity (Wildman–Crippen MR) is 66.8 cm³/mol. The number of nitrogens with zero attached hydrogens (tertiary/aromatic N) is 1. The number of carboxylic acids is 1. The van der Waals surface area contributed by atoms with Crippen molar-refractivity contribution in [1.29, 1.82) is 0 Å². The van der Waals surface area contributed by atoms with Crippen molar-refractivity contribution in [3.8, 4) is 0 Å². The normalized spacial score (nSPS) is 41.4. The lowest BCUT2D eigenvalue weighted by Crippen LogP contribution is -2.41. The van der Waals surface area contributed by atoms with Crippen LogP contribution < -0.4 is 0 Å². The smallest absolute Gasteiger partial charge is 0.303 e. The Labute approximate surface area is 112 Å². The summed E-state index contributed by atoms with van der Waals surface area (Å²) >= 11 is 0. The first-order valence-corrected chi connectivity index (χ1v) is 6.82. The van der Waals surface area contributed by atoms with Gasteiger partial charge >= 0.3 is 5.97 Å². The first-order chi connectivity index (χ1) is 8.77. The minimum Gasteiger partial charge on any atom is -0.738 e. The average Bonchev–Trinajstić information content (AvgIpc) is 2.69. The van der Waals surface area contributed by atoms with Crippen LogP contribution in [0.5, 0.6) is 0 Å². The maximum atomic E-state index is 11.0. The molecule has 2 rings (SSSR count). The molecule has 0 amide bonds. The maximum absolute atomic E-state index is 11.0. The van der Waals surface area contributed by atoms with Gasteiger partial charge < -0.3 is 15.5 Å². The van der Waals surface area contributed by atoms with Gasteiger partial charge in [-0.15, -0.1) is 5.39 Å². The third-order valence-electron chi connectivity index (χ3n) is 5.16. The van der Waals surface area contributed by atoms with Crippen molar-refractivity contribution in [2.24, 2.45) is 29.1 Å². The largest absolute Gasteiger partial charge is 0.738 e. The van der Waals surface area contributed by atoms with Crippen molar-refractivity contribution in [2.75, 3.05) is 0 Å². The molecule has 6 nitrogen and oxygen atoms in total. The summed E-state index contributed by atoms with van der Waals surface area (Å²) in [5, 5.41) is 28.2. The molecule has 110 valence electrons. The summed E-state index contributed by atoms with van der Waals surface area (Å²) in [6.07, 6.45) is 1.36. The lowest BCUT2D eigenvalue weighted by molar-refractivity contribution is -0.349. The summed E-state index contributed by atoms with van der Waals surface area (Å²) in [7, 11) is 0. The van der Waals surface area contributed by atoms with Gasteiger partial charge in [0.05, 0.1) is 12.5 Å². The van der Waals surface area contributed by atoms with E-state index in [1.807, 2.05) is 6.92 Å². The van der Waals surface area contributed by atoms with Crippen LogP contribution in [0.4, 0.5) is 0 Å². The molecule has 5 atom stereocenters. The monoisotopic (exact) mass is 272 g/mol. The van der Waals surface area contributed by atoms with E-state index in [0.29, 0.717) is 11.8 Å². The van der Waals surface area contributed by atoms with Gasteiger partial charge in [-0.2, -0.15) is 0 Å². The Balaban J connectivity index is 2.29. The summed E-state index contributed by atoms with van der Waals surface area (Å²) in [6.45, 7) is 6.29. The minimum atomic E-state index is -0.882. The fraction of sp³-hybridized carbons (Fsp3) is 0.923. The second-order valence-corrected chi connectivity index (χ2v) is 6.50. The van der Waals surface area contributed by atoms with Crippen molar-refractivity contribution in [3.05, 3.63) is 5.21 Å². The molecule has 19 heavy (non-hydrogen) atoms. The van der Waals surface area contributed by atoms with Gasteiger partial charge in [-0.1, -0.05) is 20.8 Å². The number of carboxylic acid groups (broad SMARTS) is 1. The second kappa shape index (κ2) is 5.01. The van der Waals surface area contributed by atoms with Gasteiger partial charge in [-0.3, -0.25) is 9.63 Å². The molecule has 2 aliphatic carbocycles. The van der Waals surface area contributed by atoms with Crippen LogP contribution in [-0.4, -0.2) is 27.8 Å². The molecule has 0 aromatic rings. The highest BCUT2D eigenvalue weighted by atomic mass is 17.1. The summed E-state index contributed by atoms with van der Waals surface area (Å²) in [5.74, 6) is -0.0889. The van der Waals surface area contributed by atoms with Crippen molar-refractivity contribution < 1.29 is 19.9 Å². The van der Waals surface area contributed by atoms with Crippen LogP contribution in [0.2, 0.25) is 0 Å². The van der Waals surface area contributed by atoms with Gasteiger partial charge in [-0.05, 0) is 36.0 Å². The molecule has 0 spiro atoms. The van der Waals surface area contributed by atoms with Gasteiger partial charge in [0.15, 0.2) is 0 Å². The molecule has 0 radical (unpaired) electrons. The van der Waals surface area contributed by atoms with Gasteiger partial charge in [0.2, 0.25) is 0 Å². The van der Waals surface area contributed by atoms with E-state index in [9.17, 15) is 10.0 Å². The molecule has 0 aromatic heterocycles. The van der Waals surface area contributed by atoms with E-state index in [0.717, 1.165) is 12.8 Å². The Morgan fingerprint density at radius 1 is 1.58 bits per heavy atom. The summed E-state index contributed by atoms with van der Waals surface area (Å²) in [5.41, 5.74) is -0.232. The van der Waals surface area contributed by atoms with E-state index >= 15 is 0 Å². The standard InChI is InChI=1S/C13H22NO5/c1-7(2)11-8-4-5-13(11,3)12(19-14(17)18)9(8)6-10(15)16/h7-9,11-12,17H,4-6H2,1-3H3,(H,15,16)/q-1. The molecule has 2 aliphatic rings. The molecular formula is C13H22NO5-. The zero-order valence-corrected chi connectivity index (χ0v) is 11.6. The predicted octanol–water partition coefficient (Wildman–Crippen LogP) is 2.27. The minimum absolute atomic E-state index is 0.0119. The zero-order valence-electron chi connectivity index (χ0n) is 11.6. The zero-order chi connectivity index (χ0) is 14.4. The van der Waals surface area contributed by atoms with Crippen LogP contribution in [0.3, 0.4) is 0 Å². The molecule has 2 saturated carbocycles. The molecule has 6 heteroatoms. The van der Waals surface area contributed by atoms with Gasteiger partial charge in [0, 0.05) is 5.92 Å². The topological polar surface area (TPSA) is 93.1 Å². The van der Waals surface area contributed by atoms with Crippen LogP contribution in [0.25, 0.3) is 0 Å². The van der Waals surface area contributed by atoms with Crippen LogP contribution in [0.15, 0.2) is 0 Å². The Bertz CT molecular complexity index is 359. The summed E-state index contributed by atoms with van der Waals surface area (Å²) in [4.78, 5) is 16.0. The fourth-order valence-corrected chi connectivity index (χ4v) is 4.85. The highest BCUT2D eigenvalue weighted by Crippen LogP contribution is 2.64. The molecule has 0 aromatic carbocycles. The molecule has 0 heterocycles. The van der Waals surface area contributed by atoms with Crippen LogP contribution in [0, 0.1) is 34.3 Å². The summed E-state index contributed by atoms with van der Waals surface area (Å²) in [6, 6.07) is 0. The first kappa shape index (κ1) is 14.7. The van der Waals surface area contributed by atoms with E-state index in [1.54, 1.807) is 0 Å². The highest BCUT2D eigenvalue weighted by molar-refractivity contribution is 5.67. The van der Waals surface area contributed by atoms with Crippen molar-refractivity contribution in [3.63, 3.8) is 0 Å². The number of hydrogen-bond acceptors (Lipinski definition) is 5. The van der Waals surface area contributed by atoms with Gasteiger partial charge in [0.1, 0.15) is 0 Å². The Morgan fingerprint density at radius 2 is 2.21 bits per heavy atom. The van der Waals surface area contributed by atoms with Crippen molar-refractivity contribution in [2.45, 2.75) is 46.1 Å². The molecule has 2 fully saturated rings. The van der Waals surface area contributed by atoms with E-state index < -0.39 is 17.5 Å². The van der Waals surface area contributed by atoms with Crippen LogP contribution in [-0.2, 0) is 9.63 Å². The third kappa shape index (κ3) is 2.38. The second-order valence-electron chi connectivity index (χ2n) is 6.50. The maximum Gasteiger partial charge on any atom is 0.303 e. The number of hydrogen-bond donors (Lipinski definition) is 2. The van der Waals surface area contributed by atoms with E-state index in [1.165, 1.54) is 0 Å². The number of aliphatic carboxylic acids is 1. The van der Waals surface area contributed by atoms with Crippen molar-refractivity contribution in [1.82, 2.24) is 5.39 Å². The molecule has 0 saturated heterocycles. The van der Waals surface area contributed by atoms with E-state index in [2.05, 4.69) is 13.8 Å². The number of carbonyl (C=O) groups is 1. The molecular weight excluding hydrogens is 250 g/mol. The SMILES string of the molecule is CC(C)C1C2CCC1(C)C(ON([O-])O)C2CC(=O)O. The quantitative estimate of drug-likeness (QED) is 0.746. The Kier molecular flexibility index (Phi) is 3.88. The Morgan fingerprint density at radius 3 is 2.68 bits per heavy atom. The van der Waals surface area contributed by atoms with E-state index in [4.69, 9.17) is 15.2 Å². The van der Waals surface area contributed by atoms with Gasteiger partial charge in [-0.25, -0.2) is 0 Å². The van der Waals surface area contributed by atoms with E-state index in [-0.39, 0.29) is 23.7 Å². The molecule has 2 bridgehead atoms. The lowest BCUT2D eigenvalue weighted by atomic mass is 9.73. The fourth-order valence-electron chi connectivity index (χ4n) is 4.85. The molecule has 5 unspecified atom stereocenters. The van der Waals surface area contributed by atoms with Crippen molar-refractivity contribution >= 4 is 5.97 Å². The number of fused-ring (bicyclic) bond motifs is 2. The Hall–Kier alpha value is -0.690. The number of rotatable bonds is 5. The van der Waals surface area contributed by atoms with Gasteiger partial charge in [0.25, 0.3) is 0 Å². The lowest BCUT2D eigenvalue weighted by Gasteiger charge is -2.40. The van der Waals surface area contributed by atoms with Crippen LogP contribution in [0.1, 0.15) is 40.0 Å². The highest BCUT2D eigenvalue weighted by Gasteiger charge is 2.63. The van der Waals surface area contributed by atoms with Crippen LogP contribution >= 0.6 is 0 Å². The molecule has 0 aliphatic heterocycles. The summed E-state index contributed by atoms with van der Waals surface area (Å²) < 4.78 is 0.